The summed E-state index contributed by atoms with van der Waals surface area (Å²) >= 11 is 0. The van der Waals surface area contributed by atoms with Crippen molar-refractivity contribution in [1.82, 2.24) is 5.32 Å². The molecule has 0 unspecified atom stereocenters. The number of urea groups is 1. The molecule has 1 aromatic carbocycles. The molecule has 0 saturated heterocycles. The Labute approximate surface area is 110 Å². The number of nitrogens with one attached hydrogen (secondary N) is 2. The molecule has 0 spiro atoms. The number of hydrogen-bond acceptors (Lipinski definition) is 2. The molecule has 104 valence electrons. The summed E-state index contributed by atoms with van der Waals surface area (Å²) in [5.41, 5.74) is 0.751. The zero-order valence-electron chi connectivity index (χ0n) is 10.9. The Bertz CT molecular complexity index is 477. The summed E-state index contributed by atoms with van der Waals surface area (Å²) in [5, 5.41) is 13.6. The van der Waals surface area contributed by atoms with E-state index in [0.29, 0.717) is 18.4 Å². The average Bonchev–Trinajstić information content (AvgIpc) is 2.33. The van der Waals surface area contributed by atoms with Crippen molar-refractivity contribution in [3.8, 4) is 0 Å². The Morgan fingerprint density at radius 1 is 1.42 bits per heavy atom. The van der Waals surface area contributed by atoms with Crippen molar-refractivity contribution in [2.24, 2.45) is 0 Å². The molecule has 0 aliphatic carbocycles. The van der Waals surface area contributed by atoms with E-state index in [4.69, 9.17) is 5.11 Å². The van der Waals surface area contributed by atoms with Crippen molar-refractivity contribution in [2.75, 3.05) is 5.32 Å². The standard InChI is InChI=1S/C13H17FN2O3/c1-3-4-11(12(17)18)16-13(19)15-9-6-5-8(2)10(14)7-9/h5-7,11H,3-4H2,1-2H3,(H,17,18)(H2,15,16,19)/t11-/m1/s1. The largest absolute Gasteiger partial charge is 0.480 e. The lowest BCUT2D eigenvalue weighted by molar-refractivity contribution is -0.139. The highest BCUT2D eigenvalue weighted by Crippen LogP contribution is 2.13. The fraction of sp³-hybridized carbons (Fsp3) is 0.385. The van der Waals surface area contributed by atoms with Gasteiger partial charge in [-0.15, -0.1) is 0 Å². The van der Waals surface area contributed by atoms with Crippen LogP contribution in [0.4, 0.5) is 14.9 Å². The van der Waals surface area contributed by atoms with E-state index in [9.17, 15) is 14.0 Å². The number of benzene rings is 1. The van der Waals surface area contributed by atoms with Crippen LogP contribution in [0.15, 0.2) is 18.2 Å². The second kappa shape index (κ2) is 6.72. The number of carboxylic acid groups (broad SMARTS) is 1. The van der Waals surface area contributed by atoms with Crippen LogP contribution in [0.5, 0.6) is 0 Å². The Kier molecular flexibility index (Phi) is 5.29. The third-order valence-electron chi connectivity index (χ3n) is 2.61. The van der Waals surface area contributed by atoms with Gasteiger partial charge >= 0.3 is 12.0 Å². The van der Waals surface area contributed by atoms with Crippen molar-refractivity contribution >= 4 is 17.7 Å². The van der Waals surface area contributed by atoms with E-state index in [1.807, 2.05) is 6.92 Å². The molecule has 1 atom stereocenters. The van der Waals surface area contributed by atoms with Crippen LogP contribution >= 0.6 is 0 Å². The summed E-state index contributed by atoms with van der Waals surface area (Å²) in [6.07, 6.45) is 0.974. The van der Waals surface area contributed by atoms with Gasteiger partial charge in [-0.3, -0.25) is 0 Å². The zero-order valence-corrected chi connectivity index (χ0v) is 10.9. The lowest BCUT2D eigenvalue weighted by atomic mass is 10.2. The Morgan fingerprint density at radius 2 is 2.11 bits per heavy atom. The molecule has 6 heteroatoms. The van der Waals surface area contributed by atoms with Crippen LogP contribution < -0.4 is 10.6 Å². The quantitative estimate of drug-likeness (QED) is 0.767. The van der Waals surface area contributed by atoms with Gasteiger partial charge in [-0.1, -0.05) is 19.4 Å². The van der Waals surface area contributed by atoms with E-state index in [-0.39, 0.29) is 5.69 Å². The SMILES string of the molecule is CCC[C@@H](NC(=O)Nc1ccc(C)c(F)c1)C(=O)O. The predicted molar refractivity (Wildman–Crippen MR) is 69.6 cm³/mol. The van der Waals surface area contributed by atoms with E-state index >= 15 is 0 Å². The minimum absolute atomic E-state index is 0.279. The number of carboxylic acids is 1. The summed E-state index contributed by atoms with van der Waals surface area (Å²) in [6.45, 7) is 3.44. The van der Waals surface area contributed by atoms with Crippen LogP contribution in [0.3, 0.4) is 0 Å². The van der Waals surface area contributed by atoms with Gasteiger partial charge in [0, 0.05) is 5.69 Å². The monoisotopic (exact) mass is 268 g/mol. The average molecular weight is 268 g/mol. The Balaban J connectivity index is 2.63. The smallest absolute Gasteiger partial charge is 0.326 e. The molecule has 0 aliphatic rings. The molecule has 0 aromatic heterocycles. The summed E-state index contributed by atoms with van der Waals surface area (Å²) in [4.78, 5) is 22.5. The highest BCUT2D eigenvalue weighted by Gasteiger charge is 2.18. The minimum Gasteiger partial charge on any atom is -0.480 e. The predicted octanol–water partition coefficient (Wildman–Crippen LogP) is 2.51. The van der Waals surface area contributed by atoms with E-state index < -0.39 is 23.9 Å². The minimum atomic E-state index is -1.09. The second-order valence-electron chi connectivity index (χ2n) is 4.24. The van der Waals surface area contributed by atoms with Gasteiger partial charge in [-0.2, -0.15) is 0 Å². The van der Waals surface area contributed by atoms with E-state index in [0.717, 1.165) is 0 Å². The summed E-state index contributed by atoms with van der Waals surface area (Å²) in [5.74, 6) is -1.52. The number of amides is 2. The van der Waals surface area contributed by atoms with Crippen LogP contribution in [0, 0.1) is 12.7 Å². The summed E-state index contributed by atoms with van der Waals surface area (Å²) in [7, 11) is 0. The molecule has 19 heavy (non-hydrogen) atoms. The van der Waals surface area contributed by atoms with Crippen molar-refractivity contribution in [3.63, 3.8) is 0 Å². The van der Waals surface area contributed by atoms with Crippen molar-refractivity contribution < 1.29 is 19.1 Å². The van der Waals surface area contributed by atoms with E-state index in [1.165, 1.54) is 12.1 Å². The van der Waals surface area contributed by atoms with Crippen molar-refractivity contribution in [1.29, 1.82) is 0 Å². The molecule has 5 nitrogen and oxygen atoms in total. The maximum absolute atomic E-state index is 13.3. The highest BCUT2D eigenvalue weighted by molar-refractivity contribution is 5.92. The van der Waals surface area contributed by atoms with Gasteiger partial charge in [-0.25, -0.2) is 14.0 Å². The number of hydrogen-bond donors (Lipinski definition) is 3. The molecule has 0 radical (unpaired) electrons. The van der Waals surface area contributed by atoms with Crippen molar-refractivity contribution in [3.05, 3.63) is 29.6 Å². The van der Waals surface area contributed by atoms with Gasteiger partial charge in [0.2, 0.25) is 0 Å². The number of anilines is 1. The van der Waals surface area contributed by atoms with Gasteiger partial charge in [0.15, 0.2) is 0 Å². The third-order valence-corrected chi connectivity index (χ3v) is 2.61. The number of aliphatic carboxylic acids is 1. The van der Waals surface area contributed by atoms with Gasteiger partial charge in [0.1, 0.15) is 11.9 Å². The molecule has 0 bridgehead atoms. The highest BCUT2D eigenvalue weighted by atomic mass is 19.1. The van der Waals surface area contributed by atoms with Gasteiger partial charge in [0.05, 0.1) is 0 Å². The lowest BCUT2D eigenvalue weighted by Crippen LogP contribution is -2.42. The van der Waals surface area contributed by atoms with Crippen LogP contribution in [-0.2, 0) is 4.79 Å². The van der Waals surface area contributed by atoms with Crippen molar-refractivity contribution in [2.45, 2.75) is 32.7 Å². The number of carbonyl (C=O) groups is 2. The topological polar surface area (TPSA) is 78.4 Å². The molecule has 0 heterocycles. The first-order valence-electron chi connectivity index (χ1n) is 6.00. The molecular formula is C13H17FN2O3. The molecule has 0 saturated carbocycles. The Morgan fingerprint density at radius 3 is 2.63 bits per heavy atom. The molecule has 1 aromatic rings. The molecular weight excluding hydrogens is 251 g/mol. The first-order chi connectivity index (χ1) is 8.93. The maximum Gasteiger partial charge on any atom is 0.326 e. The van der Waals surface area contributed by atoms with E-state index in [1.54, 1.807) is 13.0 Å². The number of aryl methyl sites for hydroxylation is 1. The van der Waals surface area contributed by atoms with Gasteiger partial charge in [0.25, 0.3) is 0 Å². The zero-order chi connectivity index (χ0) is 14.4. The summed E-state index contributed by atoms with van der Waals surface area (Å²) < 4.78 is 13.3. The molecule has 0 aliphatic heterocycles. The fourth-order valence-corrected chi connectivity index (χ4v) is 1.54. The third kappa shape index (κ3) is 4.57. The molecule has 3 N–H and O–H groups in total. The van der Waals surface area contributed by atoms with Crippen LogP contribution in [0.1, 0.15) is 25.3 Å². The van der Waals surface area contributed by atoms with Gasteiger partial charge in [-0.05, 0) is 31.0 Å². The van der Waals surface area contributed by atoms with Gasteiger partial charge < -0.3 is 15.7 Å². The Hall–Kier alpha value is -2.11. The molecule has 0 fully saturated rings. The fourth-order valence-electron chi connectivity index (χ4n) is 1.54. The first-order valence-corrected chi connectivity index (χ1v) is 6.00. The van der Waals surface area contributed by atoms with E-state index in [2.05, 4.69) is 10.6 Å². The normalized spacial score (nSPS) is 11.7. The van der Waals surface area contributed by atoms with Crippen LogP contribution in [0.2, 0.25) is 0 Å². The number of carbonyl (C=O) groups excluding carboxylic acids is 1. The van der Waals surface area contributed by atoms with Crippen LogP contribution in [-0.4, -0.2) is 23.1 Å². The van der Waals surface area contributed by atoms with Crippen LogP contribution in [0.25, 0.3) is 0 Å². The molecule has 2 amide bonds. The first kappa shape index (κ1) is 14.9. The molecule has 1 rings (SSSR count). The number of halogens is 1. The summed E-state index contributed by atoms with van der Waals surface area (Å²) in [6, 6.07) is 2.66. The lowest BCUT2D eigenvalue weighted by Gasteiger charge is -2.14. The second-order valence-corrected chi connectivity index (χ2v) is 4.24. The number of rotatable bonds is 5. The maximum atomic E-state index is 13.3.